The van der Waals surface area contributed by atoms with Crippen LogP contribution in [-0.2, 0) is 6.18 Å². The predicted molar refractivity (Wildman–Crippen MR) is 80.7 cm³/mol. The van der Waals surface area contributed by atoms with Crippen LogP contribution in [0.15, 0.2) is 12.4 Å². The second-order valence-electron chi connectivity index (χ2n) is 6.46. The fraction of sp³-hybridized carbons (Fsp3) is 0.643. The fourth-order valence-corrected chi connectivity index (χ4v) is 3.19. The second-order valence-corrected chi connectivity index (χ2v) is 6.46. The van der Waals surface area contributed by atoms with Crippen LogP contribution in [0.4, 0.5) is 19.0 Å². The Kier molecular flexibility index (Phi) is 4.12. The predicted octanol–water partition coefficient (Wildman–Crippen LogP) is 1.04. The molecule has 3 heterocycles. The molecule has 1 aliphatic rings. The molecule has 1 aliphatic heterocycles. The van der Waals surface area contributed by atoms with E-state index in [4.69, 9.17) is 0 Å². The number of β-amino-alcohol motifs (C(OH)–C–C–N with tert-alkyl or cyclic N) is 1. The highest BCUT2D eigenvalue weighted by molar-refractivity contribution is 5.48. The first-order chi connectivity index (χ1) is 11.2. The largest absolute Gasteiger partial charge is 0.433 e. The summed E-state index contributed by atoms with van der Waals surface area (Å²) >= 11 is 0. The van der Waals surface area contributed by atoms with Gasteiger partial charge in [-0.05, 0) is 26.9 Å². The van der Waals surface area contributed by atoms with E-state index in [1.54, 1.807) is 4.90 Å². The van der Waals surface area contributed by atoms with E-state index in [1.807, 2.05) is 19.0 Å². The Hall–Kier alpha value is -1.94. The molecule has 10 heteroatoms. The summed E-state index contributed by atoms with van der Waals surface area (Å²) in [5, 5.41) is 14.7. The third kappa shape index (κ3) is 3.29. The molecule has 2 aromatic rings. The quantitative estimate of drug-likeness (QED) is 0.897. The molecule has 0 radical (unpaired) electrons. The van der Waals surface area contributed by atoms with Crippen LogP contribution in [0.5, 0.6) is 0 Å². The number of fused-ring (bicyclic) bond motifs is 1. The maximum Gasteiger partial charge on any atom is 0.433 e. The van der Waals surface area contributed by atoms with Crippen molar-refractivity contribution < 1.29 is 18.3 Å². The molecular weight excluding hydrogens is 325 g/mol. The van der Waals surface area contributed by atoms with Crippen molar-refractivity contribution in [2.45, 2.75) is 24.6 Å². The summed E-state index contributed by atoms with van der Waals surface area (Å²) in [5.41, 5.74) is -2.00. The Labute approximate surface area is 136 Å². The van der Waals surface area contributed by atoms with Crippen LogP contribution in [0, 0.1) is 0 Å². The van der Waals surface area contributed by atoms with Crippen LogP contribution in [0.2, 0.25) is 0 Å². The first kappa shape index (κ1) is 16.9. The molecule has 0 aliphatic carbocycles. The molecule has 0 spiro atoms. The van der Waals surface area contributed by atoms with E-state index in [-0.39, 0.29) is 18.1 Å². The van der Waals surface area contributed by atoms with Crippen molar-refractivity contribution in [2.24, 2.45) is 0 Å². The van der Waals surface area contributed by atoms with Crippen molar-refractivity contribution in [3.63, 3.8) is 0 Å². The number of likely N-dealkylation sites (N-methyl/N-ethyl adjacent to an activating group) is 1. The molecular formula is C14H19F3N6O. The number of nitrogens with zero attached hydrogens (tertiary/aromatic N) is 6. The molecule has 1 fully saturated rings. The van der Waals surface area contributed by atoms with Crippen molar-refractivity contribution in [2.75, 3.05) is 38.6 Å². The minimum Gasteiger partial charge on any atom is -0.387 e. The topological polar surface area (TPSA) is 69.8 Å². The van der Waals surface area contributed by atoms with Gasteiger partial charge < -0.3 is 14.9 Å². The van der Waals surface area contributed by atoms with E-state index in [0.29, 0.717) is 25.9 Å². The van der Waals surface area contributed by atoms with Crippen LogP contribution in [0.3, 0.4) is 0 Å². The SMILES string of the molecule is CN(C)CC1(O)CCCN(c2cc(C(F)(F)F)nc3ncnn23)C1. The zero-order chi connectivity index (χ0) is 17.5. The summed E-state index contributed by atoms with van der Waals surface area (Å²) in [5.74, 6) is 0.128. The highest BCUT2D eigenvalue weighted by atomic mass is 19.4. The van der Waals surface area contributed by atoms with Crippen molar-refractivity contribution >= 4 is 11.6 Å². The van der Waals surface area contributed by atoms with Gasteiger partial charge in [0.25, 0.3) is 5.78 Å². The molecule has 24 heavy (non-hydrogen) atoms. The van der Waals surface area contributed by atoms with E-state index in [1.165, 1.54) is 10.8 Å². The number of rotatable bonds is 3. The molecule has 1 atom stereocenters. The molecule has 2 aromatic heterocycles. The standard InChI is InChI=1S/C14H19F3N6O/c1-21(2)7-13(24)4-3-5-22(8-13)11-6-10(14(15,16)17)20-12-18-9-19-23(11)12/h6,9,24H,3-5,7-8H2,1-2H3. The maximum atomic E-state index is 13.1. The van der Waals surface area contributed by atoms with Crippen LogP contribution < -0.4 is 4.90 Å². The molecule has 1 saturated heterocycles. The number of piperidine rings is 1. The molecule has 0 saturated carbocycles. The lowest BCUT2D eigenvalue weighted by molar-refractivity contribution is -0.141. The molecule has 0 bridgehead atoms. The Bertz CT molecular complexity index is 731. The van der Waals surface area contributed by atoms with Crippen molar-refractivity contribution in [1.82, 2.24) is 24.5 Å². The minimum atomic E-state index is -4.57. The summed E-state index contributed by atoms with van der Waals surface area (Å²) in [6.07, 6.45) is -2.14. The lowest BCUT2D eigenvalue weighted by atomic mass is 9.92. The summed E-state index contributed by atoms with van der Waals surface area (Å²) in [6.45, 7) is 1.19. The average molecular weight is 344 g/mol. The van der Waals surface area contributed by atoms with Gasteiger partial charge in [-0.15, -0.1) is 0 Å². The summed E-state index contributed by atoms with van der Waals surface area (Å²) in [6, 6.07) is 0.961. The van der Waals surface area contributed by atoms with Gasteiger partial charge in [-0.1, -0.05) is 0 Å². The Balaban J connectivity index is 2.00. The van der Waals surface area contributed by atoms with E-state index in [9.17, 15) is 18.3 Å². The van der Waals surface area contributed by atoms with Gasteiger partial charge >= 0.3 is 6.18 Å². The molecule has 7 nitrogen and oxygen atoms in total. The first-order valence-electron chi connectivity index (χ1n) is 7.58. The Morgan fingerprint density at radius 1 is 1.38 bits per heavy atom. The number of aromatic nitrogens is 4. The Morgan fingerprint density at radius 2 is 2.12 bits per heavy atom. The number of halogens is 3. The van der Waals surface area contributed by atoms with Gasteiger partial charge in [0.05, 0.1) is 5.60 Å². The minimum absolute atomic E-state index is 0.110. The number of anilines is 1. The van der Waals surface area contributed by atoms with E-state index in [0.717, 1.165) is 6.07 Å². The van der Waals surface area contributed by atoms with E-state index < -0.39 is 17.5 Å². The summed E-state index contributed by atoms with van der Waals surface area (Å²) < 4.78 is 40.6. The van der Waals surface area contributed by atoms with Crippen molar-refractivity contribution in [1.29, 1.82) is 0 Å². The lowest BCUT2D eigenvalue weighted by Gasteiger charge is -2.41. The van der Waals surface area contributed by atoms with Gasteiger partial charge in [0.1, 0.15) is 12.1 Å². The fourth-order valence-electron chi connectivity index (χ4n) is 3.19. The number of alkyl halides is 3. The van der Waals surface area contributed by atoms with Crippen molar-refractivity contribution in [3.8, 4) is 0 Å². The van der Waals surface area contributed by atoms with Crippen LogP contribution in [0.1, 0.15) is 18.5 Å². The van der Waals surface area contributed by atoms with Gasteiger partial charge in [-0.3, -0.25) is 0 Å². The van der Waals surface area contributed by atoms with Crippen LogP contribution >= 0.6 is 0 Å². The van der Waals surface area contributed by atoms with E-state index >= 15 is 0 Å². The zero-order valence-electron chi connectivity index (χ0n) is 13.5. The zero-order valence-corrected chi connectivity index (χ0v) is 13.5. The first-order valence-corrected chi connectivity index (χ1v) is 7.58. The van der Waals surface area contributed by atoms with Crippen molar-refractivity contribution in [3.05, 3.63) is 18.1 Å². The third-order valence-electron chi connectivity index (χ3n) is 4.01. The van der Waals surface area contributed by atoms with Crippen LogP contribution in [-0.4, -0.2) is 68.9 Å². The monoisotopic (exact) mass is 344 g/mol. The molecule has 132 valence electrons. The maximum absolute atomic E-state index is 13.1. The molecule has 0 amide bonds. The molecule has 0 aromatic carbocycles. The van der Waals surface area contributed by atoms with Gasteiger partial charge in [0.15, 0.2) is 5.69 Å². The lowest BCUT2D eigenvalue weighted by Crippen LogP contribution is -2.53. The average Bonchev–Trinajstić information content (AvgIpc) is 2.92. The van der Waals surface area contributed by atoms with Gasteiger partial charge in [-0.25, -0.2) is 4.98 Å². The summed E-state index contributed by atoms with van der Waals surface area (Å²) in [7, 11) is 3.70. The Morgan fingerprint density at radius 3 is 2.79 bits per heavy atom. The molecule has 1 N–H and O–H groups in total. The smallest absolute Gasteiger partial charge is 0.387 e. The van der Waals surface area contributed by atoms with Crippen LogP contribution in [0.25, 0.3) is 5.78 Å². The van der Waals surface area contributed by atoms with Gasteiger partial charge in [0, 0.05) is 25.7 Å². The number of aliphatic hydroxyl groups is 1. The second kappa shape index (κ2) is 5.85. The normalized spacial score (nSPS) is 22.5. The van der Waals surface area contributed by atoms with Gasteiger partial charge in [0.2, 0.25) is 0 Å². The molecule has 3 rings (SSSR count). The van der Waals surface area contributed by atoms with Gasteiger partial charge in [-0.2, -0.15) is 27.8 Å². The summed E-state index contributed by atoms with van der Waals surface area (Å²) in [4.78, 5) is 10.9. The molecule has 1 unspecified atom stereocenters. The highest BCUT2D eigenvalue weighted by Crippen LogP contribution is 2.32. The highest BCUT2D eigenvalue weighted by Gasteiger charge is 2.38. The number of hydrogen-bond donors (Lipinski definition) is 1. The number of hydrogen-bond acceptors (Lipinski definition) is 6. The van der Waals surface area contributed by atoms with E-state index in [2.05, 4.69) is 15.1 Å². The third-order valence-corrected chi connectivity index (χ3v) is 4.01.